The molecule has 7 heteroatoms. The third-order valence-corrected chi connectivity index (χ3v) is 2.70. The van der Waals surface area contributed by atoms with Crippen LogP contribution in [0.2, 0.25) is 0 Å². The predicted molar refractivity (Wildman–Crippen MR) is 75.0 cm³/mol. The summed E-state index contributed by atoms with van der Waals surface area (Å²) in [5.41, 5.74) is 0.557. The zero-order chi connectivity index (χ0) is 13.0. The second kappa shape index (κ2) is 7.13. The predicted octanol–water partition coefficient (Wildman–Crippen LogP) is 2.68. The third kappa shape index (κ3) is 3.70. The van der Waals surface area contributed by atoms with Crippen molar-refractivity contribution in [1.82, 2.24) is 19.6 Å². The average molecular weight is 288 g/mol. The Bertz CT molecular complexity index is 508. The third-order valence-electron chi connectivity index (χ3n) is 2.70. The van der Waals surface area contributed by atoms with E-state index in [2.05, 4.69) is 22.4 Å². The number of aromatic nitrogens is 4. The van der Waals surface area contributed by atoms with E-state index in [-0.39, 0.29) is 18.4 Å². The summed E-state index contributed by atoms with van der Waals surface area (Å²) in [4.78, 5) is 0. The van der Waals surface area contributed by atoms with E-state index in [1.807, 2.05) is 23.9 Å². The lowest BCUT2D eigenvalue weighted by atomic mass is 10.3. The van der Waals surface area contributed by atoms with Crippen LogP contribution in [0.5, 0.6) is 0 Å². The first-order valence-corrected chi connectivity index (χ1v) is 6.22. The van der Waals surface area contributed by atoms with Crippen LogP contribution in [0, 0.1) is 5.95 Å². The highest BCUT2D eigenvalue weighted by Crippen LogP contribution is 2.10. The fourth-order valence-corrected chi connectivity index (χ4v) is 1.74. The van der Waals surface area contributed by atoms with Gasteiger partial charge >= 0.3 is 0 Å². The molecule has 0 spiro atoms. The zero-order valence-electron chi connectivity index (χ0n) is 11.1. The summed E-state index contributed by atoms with van der Waals surface area (Å²) in [5, 5.41) is 11.4. The number of hydrogen-bond acceptors (Lipinski definition) is 3. The molecule has 2 aromatic heterocycles. The van der Waals surface area contributed by atoms with Gasteiger partial charge in [-0.15, -0.1) is 12.4 Å². The van der Waals surface area contributed by atoms with Crippen molar-refractivity contribution in [1.29, 1.82) is 0 Å². The van der Waals surface area contributed by atoms with Crippen LogP contribution in [-0.2, 0) is 19.6 Å². The normalized spacial score (nSPS) is 10.3. The van der Waals surface area contributed by atoms with Crippen LogP contribution in [-0.4, -0.2) is 19.6 Å². The molecule has 0 bridgehead atoms. The van der Waals surface area contributed by atoms with Gasteiger partial charge in [-0.3, -0.25) is 4.68 Å². The second-order valence-electron chi connectivity index (χ2n) is 4.09. The SMILES string of the molecule is CCCn1ccc(NCc2cnn(CC)c2F)n1.Cl. The molecule has 2 rings (SSSR count). The van der Waals surface area contributed by atoms with Gasteiger partial charge in [0.2, 0.25) is 5.95 Å². The van der Waals surface area contributed by atoms with E-state index < -0.39 is 0 Å². The van der Waals surface area contributed by atoms with E-state index in [4.69, 9.17) is 0 Å². The molecule has 2 heterocycles. The lowest BCUT2D eigenvalue weighted by Gasteiger charge is -2.01. The summed E-state index contributed by atoms with van der Waals surface area (Å²) in [6, 6.07) is 1.89. The average Bonchev–Trinajstić information content (AvgIpc) is 2.94. The first-order valence-electron chi connectivity index (χ1n) is 6.22. The summed E-state index contributed by atoms with van der Waals surface area (Å²) >= 11 is 0. The van der Waals surface area contributed by atoms with Gasteiger partial charge in [-0.05, 0) is 13.3 Å². The Morgan fingerprint density at radius 2 is 2.16 bits per heavy atom. The molecule has 0 aromatic carbocycles. The number of hydrogen-bond donors (Lipinski definition) is 1. The van der Waals surface area contributed by atoms with E-state index in [0.717, 1.165) is 18.8 Å². The van der Waals surface area contributed by atoms with E-state index in [1.54, 1.807) is 6.20 Å². The summed E-state index contributed by atoms with van der Waals surface area (Å²) in [7, 11) is 0. The van der Waals surface area contributed by atoms with Crippen molar-refractivity contribution in [2.45, 2.75) is 39.9 Å². The topological polar surface area (TPSA) is 47.7 Å². The summed E-state index contributed by atoms with van der Waals surface area (Å²) in [6.45, 7) is 5.79. The largest absolute Gasteiger partial charge is 0.364 e. The highest BCUT2D eigenvalue weighted by Gasteiger charge is 2.09. The Balaban J connectivity index is 0.00000180. The Morgan fingerprint density at radius 1 is 1.37 bits per heavy atom. The fourth-order valence-electron chi connectivity index (χ4n) is 1.74. The Morgan fingerprint density at radius 3 is 2.79 bits per heavy atom. The van der Waals surface area contributed by atoms with Gasteiger partial charge in [-0.25, -0.2) is 4.68 Å². The van der Waals surface area contributed by atoms with Crippen LogP contribution in [0.1, 0.15) is 25.8 Å². The molecular formula is C12H19ClFN5. The van der Waals surface area contributed by atoms with Gasteiger partial charge in [0.05, 0.1) is 6.20 Å². The van der Waals surface area contributed by atoms with Gasteiger partial charge in [0, 0.05) is 37.5 Å². The molecule has 0 aliphatic rings. The lowest BCUT2D eigenvalue weighted by molar-refractivity contribution is 0.465. The molecule has 0 atom stereocenters. The standard InChI is InChI=1S/C12H18FN5.ClH/c1-3-6-17-7-5-11(16-17)14-8-10-9-15-18(4-2)12(10)13;/h5,7,9H,3-4,6,8H2,1-2H3,(H,14,16);1H. The Labute approximate surface area is 118 Å². The Hall–Kier alpha value is -1.56. The minimum atomic E-state index is -0.280. The van der Waals surface area contributed by atoms with Crippen molar-refractivity contribution < 1.29 is 4.39 Å². The highest BCUT2D eigenvalue weighted by molar-refractivity contribution is 5.85. The van der Waals surface area contributed by atoms with Gasteiger partial charge in [-0.1, -0.05) is 6.92 Å². The van der Waals surface area contributed by atoms with Crippen molar-refractivity contribution in [2.75, 3.05) is 5.32 Å². The molecule has 0 fully saturated rings. The molecule has 19 heavy (non-hydrogen) atoms. The number of halogens is 2. The number of anilines is 1. The van der Waals surface area contributed by atoms with E-state index in [1.165, 1.54) is 4.68 Å². The van der Waals surface area contributed by atoms with Crippen LogP contribution in [0.25, 0.3) is 0 Å². The number of nitrogens with one attached hydrogen (secondary N) is 1. The minimum Gasteiger partial charge on any atom is -0.364 e. The fraction of sp³-hybridized carbons (Fsp3) is 0.500. The molecule has 106 valence electrons. The van der Waals surface area contributed by atoms with Gasteiger partial charge in [0.1, 0.15) is 5.82 Å². The first-order chi connectivity index (χ1) is 8.74. The van der Waals surface area contributed by atoms with E-state index in [9.17, 15) is 4.39 Å². The number of aryl methyl sites for hydroxylation is 2. The van der Waals surface area contributed by atoms with Crippen LogP contribution >= 0.6 is 12.4 Å². The summed E-state index contributed by atoms with van der Waals surface area (Å²) in [5.74, 6) is 0.477. The molecule has 0 saturated carbocycles. The minimum absolute atomic E-state index is 0. The molecule has 5 nitrogen and oxygen atoms in total. The van der Waals surface area contributed by atoms with Crippen molar-refractivity contribution in [3.63, 3.8) is 0 Å². The molecular weight excluding hydrogens is 269 g/mol. The molecule has 1 N–H and O–H groups in total. The van der Waals surface area contributed by atoms with Crippen LogP contribution < -0.4 is 5.32 Å². The summed E-state index contributed by atoms with van der Waals surface area (Å²) in [6.07, 6.45) is 4.51. The maximum atomic E-state index is 13.7. The van der Waals surface area contributed by atoms with Crippen LogP contribution in [0.4, 0.5) is 10.2 Å². The maximum absolute atomic E-state index is 13.7. The van der Waals surface area contributed by atoms with Gasteiger partial charge in [0.25, 0.3) is 0 Å². The molecule has 0 aliphatic carbocycles. The van der Waals surface area contributed by atoms with Crippen LogP contribution in [0.15, 0.2) is 18.5 Å². The quantitative estimate of drug-likeness (QED) is 0.888. The van der Waals surface area contributed by atoms with E-state index >= 15 is 0 Å². The van der Waals surface area contributed by atoms with Gasteiger partial charge < -0.3 is 5.32 Å². The first kappa shape index (κ1) is 15.5. The van der Waals surface area contributed by atoms with Crippen LogP contribution in [0.3, 0.4) is 0 Å². The second-order valence-corrected chi connectivity index (χ2v) is 4.09. The van der Waals surface area contributed by atoms with Crippen molar-refractivity contribution in [2.24, 2.45) is 0 Å². The van der Waals surface area contributed by atoms with Crippen molar-refractivity contribution >= 4 is 18.2 Å². The molecule has 0 amide bonds. The molecule has 0 unspecified atom stereocenters. The molecule has 0 radical (unpaired) electrons. The zero-order valence-corrected chi connectivity index (χ0v) is 12.0. The van der Waals surface area contributed by atoms with Crippen molar-refractivity contribution in [3.05, 3.63) is 30.0 Å². The summed E-state index contributed by atoms with van der Waals surface area (Å²) < 4.78 is 16.9. The smallest absolute Gasteiger partial charge is 0.216 e. The van der Waals surface area contributed by atoms with Gasteiger partial charge in [0.15, 0.2) is 0 Å². The monoisotopic (exact) mass is 287 g/mol. The maximum Gasteiger partial charge on any atom is 0.216 e. The van der Waals surface area contributed by atoms with Crippen molar-refractivity contribution in [3.8, 4) is 0 Å². The number of nitrogens with zero attached hydrogens (tertiary/aromatic N) is 4. The number of rotatable bonds is 6. The van der Waals surface area contributed by atoms with Gasteiger partial charge in [-0.2, -0.15) is 14.6 Å². The molecule has 0 aliphatic heterocycles. The highest BCUT2D eigenvalue weighted by atomic mass is 35.5. The Kier molecular flexibility index (Phi) is 5.82. The lowest BCUT2D eigenvalue weighted by Crippen LogP contribution is -2.05. The molecule has 2 aromatic rings. The molecule has 0 saturated heterocycles. The van der Waals surface area contributed by atoms with E-state index in [0.29, 0.717) is 18.7 Å².